The first-order valence-electron chi connectivity index (χ1n) is 5.71. The normalized spacial score (nSPS) is 31.5. The predicted octanol–water partition coefficient (Wildman–Crippen LogP) is 4.23. The zero-order chi connectivity index (χ0) is 9.31. The SMILES string of the molecule is CCCC1(CC)CCC2=C1CC=C2. The highest BCUT2D eigenvalue weighted by Crippen LogP contribution is 2.52. The van der Waals surface area contributed by atoms with E-state index in [9.17, 15) is 0 Å². The monoisotopic (exact) mass is 176 g/mol. The van der Waals surface area contributed by atoms with E-state index in [-0.39, 0.29) is 0 Å². The molecule has 0 saturated heterocycles. The second-order valence-electron chi connectivity index (χ2n) is 4.49. The molecule has 0 spiro atoms. The Morgan fingerprint density at radius 2 is 2.23 bits per heavy atom. The first-order valence-corrected chi connectivity index (χ1v) is 5.71. The lowest BCUT2D eigenvalue weighted by molar-refractivity contribution is 0.303. The third kappa shape index (κ3) is 1.27. The van der Waals surface area contributed by atoms with Crippen LogP contribution < -0.4 is 0 Å². The maximum Gasteiger partial charge on any atom is -0.00787 e. The lowest BCUT2D eigenvalue weighted by Crippen LogP contribution is -2.18. The molecular weight excluding hydrogens is 156 g/mol. The molecule has 0 nitrogen and oxygen atoms in total. The van der Waals surface area contributed by atoms with E-state index in [4.69, 9.17) is 0 Å². The quantitative estimate of drug-likeness (QED) is 0.603. The van der Waals surface area contributed by atoms with Gasteiger partial charge in [-0.3, -0.25) is 0 Å². The molecule has 0 N–H and O–H groups in total. The molecule has 2 rings (SSSR count). The van der Waals surface area contributed by atoms with Crippen molar-refractivity contribution in [1.82, 2.24) is 0 Å². The van der Waals surface area contributed by atoms with Gasteiger partial charge in [0, 0.05) is 0 Å². The molecule has 0 heterocycles. The van der Waals surface area contributed by atoms with Crippen molar-refractivity contribution in [1.29, 1.82) is 0 Å². The van der Waals surface area contributed by atoms with E-state index >= 15 is 0 Å². The minimum Gasteiger partial charge on any atom is -0.0802 e. The molecule has 2 aliphatic rings. The van der Waals surface area contributed by atoms with Crippen LogP contribution in [0.3, 0.4) is 0 Å². The van der Waals surface area contributed by atoms with Crippen LogP contribution in [-0.4, -0.2) is 0 Å². The van der Waals surface area contributed by atoms with Crippen LogP contribution in [0.2, 0.25) is 0 Å². The largest absolute Gasteiger partial charge is 0.0802 e. The maximum atomic E-state index is 2.37. The molecule has 0 saturated carbocycles. The lowest BCUT2D eigenvalue weighted by Gasteiger charge is -2.30. The van der Waals surface area contributed by atoms with Crippen LogP contribution in [-0.2, 0) is 0 Å². The van der Waals surface area contributed by atoms with E-state index in [1.54, 1.807) is 11.1 Å². The Morgan fingerprint density at radius 1 is 1.38 bits per heavy atom. The van der Waals surface area contributed by atoms with Gasteiger partial charge in [-0.2, -0.15) is 0 Å². The summed E-state index contributed by atoms with van der Waals surface area (Å²) < 4.78 is 0. The van der Waals surface area contributed by atoms with Gasteiger partial charge in [-0.05, 0) is 43.1 Å². The molecule has 0 aromatic carbocycles. The fourth-order valence-electron chi connectivity index (χ4n) is 3.19. The summed E-state index contributed by atoms with van der Waals surface area (Å²) in [6, 6.07) is 0. The minimum absolute atomic E-state index is 0.605. The minimum atomic E-state index is 0.605. The van der Waals surface area contributed by atoms with Crippen LogP contribution in [0.25, 0.3) is 0 Å². The van der Waals surface area contributed by atoms with Gasteiger partial charge in [-0.25, -0.2) is 0 Å². The van der Waals surface area contributed by atoms with Crippen LogP contribution in [0.5, 0.6) is 0 Å². The van der Waals surface area contributed by atoms with Gasteiger partial charge in [0.25, 0.3) is 0 Å². The summed E-state index contributed by atoms with van der Waals surface area (Å²) in [6.45, 7) is 4.68. The summed E-state index contributed by atoms with van der Waals surface area (Å²) in [4.78, 5) is 0. The van der Waals surface area contributed by atoms with Crippen molar-refractivity contribution in [3.8, 4) is 0 Å². The Bertz CT molecular complexity index is 257. The van der Waals surface area contributed by atoms with Gasteiger partial charge in [0.05, 0.1) is 0 Å². The molecule has 0 radical (unpaired) electrons. The van der Waals surface area contributed by atoms with Crippen molar-refractivity contribution < 1.29 is 0 Å². The lowest BCUT2D eigenvalue weighted by atomic mass is 9.74. The zero-order valence-corrected chi connectivity index (χ0v) is 8.90. The molecule has 0 fully saturated rings. The molecule has 0 aliphatic heterocycles. The van der Waals surface area contributed by atoms with Crippen molar-refractivity contribution >= 4 is 0 Å². The van der Waals surface area contributed by atoms with Crippen molar-refractivity contribution in [3.05, 3.63) is 23.3 Å². The topological polar surface area (TPSA) is 0 Å². The number of hydrogen-bond donors (Lipinski definition) is 0. The average molecular weight is 176 g/mol. The third-order valence-corrected chi connectivity index (χ3v) is 3.95. The molecule has 0 aromatic heterocycles. The fourth-order valence-corrected chi connectivity index (χ4v) is 3.19. The molecule has 1 unspecified atom stereocenters. The van der Waals surface area contributed by atoms with E-state index in [2.05, 4.69) is 26.0 Å². The Labute approximate surface area is 81.7 Å². The summed E-state index contributed by atoms with van der Waals surface area (Å²) in [7, 11) is 0. The number of rotatable bonds is 3. The van der Waals surface area contributed by atoms with Gasteiger partial charge >= 0.3 is 0 Å². The standard InChI is InChI=1S/C13H20/c1-3-9-13(4-2)10-8-11-6-5-7-12(11)13/h5-6H,3-4,7-10H2,1-2H3. The smallest absolute Gasteiger partial charge is 0.00787 e. The molecule has 0 bridgehead atoms. The van der Waals surface area contributed by atoms with Crippen molar-refractivity contribution in [2.24, 2.45) is 5.41 Å². The van der Waals surface area contributed by atoms with Crippen LogP contribution >= 0.6 is 0 Å². The molecule has 1 atom stereocenters. The molecular formula is C13H20. The van der Waals surface area contributed by atoms with E-state index in [1.165, 1.54) is 38.5 Å². The predicted molar refractivity (Wildman–Crippen MR) is 57.6 cm³/mol. The van der Waals surface area contributed by atoms with Crippen LogP contribution in [0.15, 0.2) is 23.3 Å². The van der Waals surface area contributed by atoms with Gasteiger partial charge < -0.3 is 0 Å². The Morgan fingerprint density at radius 3 is 2.92 bits per heavy atom. The summed E-state index contributed by atoms with van der Waals surface area (Å²) in [6.07, 6.45) is 12.8. The summed E-state index contributed by atoms with van der Waals surface area (Å²) in [5.41, 5.74) is 4.07. The van der Waals surface area contributed by atoms with Crippen molar-refractivity contribution in [2.75, 3.05) is 0 Å². The van der Waals surface area contributed by atoms with Gasteiger partial charge in [0.1, 0.15) is 0 Å². The van der Waals surface area contributed by atoms with Gasteiger partial charge in [0.2, 0.25) is 0 Å². The van der Waals surface area contributed by atoms with E-state index in [1.807, 2.05) is 0 Å². The molecule has 0 amide bonds. The average Bonchev–Trinajstić information content (AvgIpc) is 2.69. The Kier molecular flexibility index (Phi) is 2.31. The molecule has 0 heteroatoms. The maximum absolute atomic E-state index is 2.37. The second-order valence-corrected chi connectivity index (χ2v) is 4.49. The number of hydrogen-bond acceptors (Lipinski definition) is 0. The molecule has 2 aliphatic carbocycles. The van der Waals surface area contributed by atoms with Crippen molar-refractivity contribution in [2.45, 2.75) is 52.4 Å². The zero-order valence-electron chi connectivity index (χ0n) is 8.90. The molecule has 0 aromatic rings. The van der Waals surface area contributed by atoms with Gasteiger partial charge in [0.15, 0.2) is 0 Å². The van der Waals surface area contributed by atoms with Crippen LogP contribution in [0.1, 0.15) is 52.4 Å². The van der Waals surface area contributed by atoms with E-state index < -0.39 is 0 Å². The van der Waals surface area contributed by atoms with Crippen molar-refractivity contribution in [3.63, 3.8) is 0 Å². The summed E-state index contributed by atoms with van der Waals surface area (Å²) >= 11 is 0. The van der Waals surface area contributed by atoms with Crippen LogP contribution in [0.4, 0.5) is 0 Å². The summed E-state index contributed by atoms with van der Waals surface area (Å²) in [5.74, 6) is 0. The van der Waals surface area contributed by atoms with Gasteiger partial charge in [-0.15, -0.1) is 0 Å². The number of allylic oxidation sites excluding steroid dienone is 4. The highest BCUT2D eigenvalue weighted by molar-refractivity contribution is 5.41. The highest BCUT2D eigenvalue weighted by atomic mass is 14.4. The molecule has 13 heavy (non-hydrogen) atoms. The first kappa shape index (κ1) is 9.05. The molecule has 72 valence electrons. The van der Waals surface area contributed by atoms with Crippen LogP contribution in [0, 0.1) is 5.41 Å². The van der Waals surface area contributed by atoms with Gasteiger partial charge in [-0.1, -0.05) is 38.0 Å². The van der Waals surface area contributed by atoms with E-state index in [0.29, 0.717) is 5.41 Å². The Hall–Kier alpha value is -0.520. The Balaban J connectivity index is 2.24. The first-order chi connectivity index (χ1) is 6.32. The third-order valence-electron chi connectivity index (χ3n) is 3.95. The van der Waals surface area contributed by atoms with E-state index in [0.717, 1.165) is 0 Å². The summed E-state index contributed by atoms with van der Waals surface area (Å²) in [5, 5.41) is 0. The second kappa shape index (κ2) is 3.32. The fraction of sp³-hybridized carbons (Fsp3) is 0.692. The highest BCUT2D eigenvalue weighted by Gasteiger charge is 2.38.